The number of primary sulfonamides is 1. The molecule has 0 aliphatic carbocycles. The van der Waals surface area contributed by atoms with E-state index in [4.69, 9.17) is 5.14 Å². The van der Waals surface area contributed by atoms with Crippen LogP contribution in [0.3, 0.4) is 0 Å². The van der Waals surface area contributed by atoms with Crippen LogP contribution in [0.15, 0.2) is 41.3 Å². The fourth-order valence-electron chi connectivity index (χ4n) is 1.68. The third kappa shape index (κ3) is 3.73. The number of anilines is 1. The summed E-state index contributed by atoms with van der Waals surface area (Å²) >= 11 is 0. The van der Waals surface area contributed by atoms with Gasteiger partial charge in [-0.3, -0.25) is 0 Å². The molecule has 2 aromatic carbocycles. The fourth-order valence-corrected chi connectivity index (χ4v) is 2.19. The molecule has 0 radical (unpaired) electrons. The number of hydrogen-bond acceptors (Lipinski definition) is 3. The Labute approximate surface area is 119 Å². The van der Waals surface area contributed by atoms with Crippen LogP contribution in [0.25, 0.3) is 0 Å². The van der Waals surface area contributed by atoms with Crippen molar-refractivity contribution in [1.82, 2.24) is 0 Å². The Morgan fingerprint density at radius 2 is 1.52 bits per heavy atom. The SMILES string of the molecule is NS(=O)(=O)c1ccc(NCc2cc(F)c(F)c(F)c2)cc1. The Hall–Kier alpha value is -2.06. The molecule has 0 fully saturated rings. The van der Waals surface area contributed by atoms with Crippen molar-refractivity contribution in [1.29, 1.82) is 0 Å². The van der Waals surface area contributed by atoms with Gasteiger partial charge in [0.2, 0.25) is 10.0 Å². The predicted octanol–water partition coefficient (Wildman–Crippen LogP) is 2.36. The second-order valence-corrected chi connectivity index (χ2v) is 5.86. The summed E-state index contributed by atoms with van der Waals surface area (Å²) in [4.78, 5) is -0.0491. The molecule has 4 nitrogen and oxygen atoms in total. The van der Waals surface area contributed by atoms with E-state index < -0.39 is 27.5 Å². The summed E-state index contributed by atoms with van der Waals surface area (Å²) in [5, 5.41) is 7.77. The first-order valence-corrected chi connectivity index (χ1v) is 7.32. The van der Waals surface area contributed by atoms with Crippen molar-refractivity contribution in [2.24, 2.45) is 5.14 Å². The molecule has 0 aliphatic rings. The van der Waals surface area contributed by atoms with Gasteiger partial charge in [0.15, 0.2) is 17.5 Å². The molecular weight excluding hydrogens is 305 g/mol. The molecule has 0 atom stereocenters. The largest absolute Gasteiger partial charge is 0.381 e. The standard InChI is InChI=1S/C13H11F3N2O2S/c14-11-5-8(6-12(15)13(11)16)7-18-9-1-3-10(4-2-9)21(17,19)20/h1-6,18H,7H2,(H2,17,19,20). The van der Waals surface area contributed by atoms with E-state index in [0.29, 0.717) is 5.69 Å². The second-order valence-electron chi connectivity index (χ2n) is 4.30. The van der Waals surface area contributed by atoms with Crippen molar-refractivity contribution >= 4 is 15.7 Å². The molecule has 0 saturated heterocycles. The summed E-state index contributed by atoms with van der Waals surface area (Å²) in [6.45, 7) is 0.0445. The van der Waals surface area contributed by atoms with Crippen LogP contribution in [0.2, 0.25) is 0 Å². The molecule has 0 spiro atoms. The van der Waals surface area contributed by atoms with Crippen molar-refractivity contribution < 1.29 is 21.6 Å². The summed E-state index contributed by atoms with van der Waals surface area (Å²) in [5.41, 5.74) is 0.731. The van der Waals surface area contributed by atoms with Gasteiger partial charge in [-0.05, 0) is 42.0 Å². The number of sulfonamides is 1. The molecule has 0 unspecified atom stereocenters. The minimum absolute atomic E-state index is 0.0445. The van der Waals surface area contributed by atoms with Gasteiger partial charge in [-0.1, -0.05) is 0 Å². The van der Waals surface area contributed by atoms with E-state index in [9.17, 15) is 21.6 Å². The van der Waals surface area contributed by atoms with Crippen LogP contribution in [-0.2, 0) is 16.6 Å². The van der Waals surface area contributed by atoms with Crippen LogP contribution in [0.4, 0.5) is 18.9 Å². The number of halogens is 3. The van der Waals surface area contributed by atoms with E-state index in [1.807, 2.05) is 0 Å². The monoisotopic (exact) mass is 316 g/mol. The maximum atomic E-state index is 13.0. The first-order valence-electron chi connectivity index (χ1n) is 5.77. The Balaban J connectivity index is 2.10. The van der Waals surface area contributed by atoms with Crippen LogP contribution >= 0.6 is 0 Å². The zero-order valence-corrected chi connectivity index (χ0v) is 11.4. The third-order valence-corrected chi connectivity index (χ3v) is 3.65. The summed E-state index contributed by atoms with van der Waals surface area (Å²) < 4.78 is 61.0. The summed E-state index contributed by atoms with van der Waals surface area (Å²) in [6.07, 6.45) is 0. The fraction of sp³-hybridized carbons (Fsp3) is 0.0769. The highest BCUT2D eigenvalue weighted by molar-refractivity contribution is 7.89. The lowest BCUT2D eigenvalue weighted by molar-refractivity contribution is 0.445. The Morgan fingerprint density at radius 1 is 1.00 bits per heavy atom. The Morgan fingerprint density at radius 3 is 2.00 bits per heavy atom. The van der Waals surface area contributed by atoms with Gasteiger partial charge in [0.25, 0.3) is 0 Å². The van der Waals surface area contributed by atoms with Crippen molar-refractivity contribution in [2.75, 3.05) is 5.32 Å². The van der Waals surface area contributed by atoms with E-state index in [0.717, 1.165) is 12.1 Å². The highest BCUT2D eigenvalue weighted by atomic mass is 32.2. The molecule has 0 bridgehead atoms. The van der Waals surface area contributed by atoms with Crippen LogP contribution in [-0.4, -0.2) is 8.42 Å². The van der Waals surface area contributed by atoms with E-state index in [1.165, 1.54) is 24.3 Å². The van der Waals surface area contributed by atoms with Gasteiger partial charge in [0.05, 0.1) is 4.90 Å². The van der Waals surface area contributed by atoms with E-state index in [-0.39, 0.29) is 17.0 Å². The average molecular weight is 316 g/mol. The topological polar surface area (TPSA) is 72.2 Å². The molecule has 0 heterocycles. The maximum absolute atomic E-state index is 13.0. The number of benzene rings is 2. The number of rotatable bonds is 4. The lowest BCUT2D eigenvalue weighted by Crippen LogP contribution is -2.12. The summed E-state index contributed by atoms with van der Waals surface area (Å²) in [5.74, 6) is -4.05. The van der Waals surface area contributed by atoms with Gasteiger partial charge in [0, 0.05) is 12.2 Å². The first kappa shape index (κ1) is 15.3. The average Bonchev–Trinajstić information content (AvgIpc) is 2.42. The Bertz CT molecular complexity index is 738. The van der Waals surface area contributed by atoms with Crippen molar-refractivity contribution in [3.05, 3.63) is 59.4 Å². The minimum atomic E-state index is -3.77. The van der Waals surface area contributed by atoms with Gasteiger partial charge in [-0.2, -0.15) is 0 Å². The third-order valence-electron chi connectivity index (χ3n) is 2.72. The molecule has 8 heteroatoms. The molecule has 0 saturated carbocycles. The molecule has 0 aliphatic heterocycles. The zero-order chi connectivity index (χ0) is 15.6. The van der Waals surface area contributed by atoms with Gasteiger partial charge >= 0.3 is 0 Å². The molecule has 0 amide bonds. The molecule has 3 N–H and O–H groups in total. The van der Waals surface area contributed by atoms with Crippen molar-refractivity contribution in [3.8, 4) is 0 Å². The molecule has 21 heavy (non-hydrogen) atoms. The van der Waals surface area contributed by atoms with Gasteiger partial charge in [-0.25, -0.2) is 26.7 Å². The van der Waals surface area contributed by atoms with Crippen molar-refractivity contribution in [2.45, 2.75) is 11.4 Å². The van der Waals surface area contributed by atoms with E-state index >= 15 is 0 Å². The number of hydrogen-bond donors (Lipinski definition) is 2. The van der Waals surface area contributed by atoms with Gasteiger partial charge in [0.1, 0.15) is 0 Å². The quantitative estimate of drug-likeness (QED) is 0.851. The number of nitrogens with one attached hydrogen (secondary N) is 1. The molecule has 2 aromatic rings. The van der Waals surface area contributed by atoms with E-state index in [1.54, 1.807) is 0 Å². The lowest BCUT2D eigenvalue weighted by Gasteiger charge is -2.08. The Kier molecular flexibility index (Phi) is 4.19. The van der Waals surface area contributed by atoms with Crippen LogP contribution in [0.1, 0.15) is 5.56 Å². The van der Waals surface area contributed by atoms with Crippen LogP contribution < -0.4 is 10.5 Å². The van der Waals surface area contributed by atoms with E-state index in [2.05, 4.69) is 5.32 Å². The van der Waals surface area contributed by atoms with Crippen LogP contribution in [0.5, 0.6) is 0 Å². The highest BCUT2D eigenvalue weighted by Crippen LogP contribution is 2.16. The normalized spacial score (nSPS) is 11.4. The molecule has 2 rings (SSSR count). The molecule has 112 valence electrons. The maximum Gasteiger partial charge on any atom is 0.238 e. The second kappa shape index (κ2) is 5.74. The van der Waals surface area contributed by atoms with Gasteiger partial charge < -0.3 is 5.32 Å². The van der Waals surface area contributed by atoms with Crippen LogP contribution in [0, 0.1) is 17.5 Å². The smallest absolute Gasteiger partial charge is 0.238 e. The summed E-state index contributed by atoms with van der Waals surface area (Å²) in [6, 6.07) is 7.26. The minimum Gasteiger partial charge on any atom is -0.381 e. The van der Waals surface area contributed by atoms with Crippen molar-refractivity contribution in [3.63, 3.8) is 0 Å². The van der Waals surface area contributed by atoms with Gasteiger partial charge in [-0.15, -0.1) is 0 Å². The number of nitrogens with two attached hydrogens (primary N) is 1. The molecular formula is C13H11F3N2O2S. The zero-order valence-electron chi connectivity index (χ0n) is 10.6. The molecule has 0 aromatic heterocycles. The first-order chi connectivity index (χ1) is 9.77. The summed E-state index contributed by atoms with van der Waals surface area (Å²) in [7, 11) is -3.77. The lowest BCUT2D eigenvalue weighted by atomic mass is 10.2. The predicted molar refractivity (Wildman–Crippen MR) is 71.5 cm³/mol. The highest BCUT2D eigenvalue weighted by Gasteiger charge is 2.10.